The number of rotatable bonds is 9. The number of ether oxygens (including phenoxy) is 1. The zero-order chi connectivity index (χ0) is 17.2. The van der Waals surface area contributed by atoms with Gasteiger partial charge in [-0.25, -0.2) is 0 Å². The standard InChI is InChI=1S/C17H27N3O3/c1-14(21)20(11-6-10-19(2)3)12-9-17(22)18-15-7-5-8-16(13-15)23-4/h5,7-8,13H,6,9-12H2,1-4H3,(H,18,22). The highest BCUT2D eigenvalue weighted by Crippen LogP contribution is 2.16. The van der Waals surface area contributed by atoms with Crippen molar-refractivity contribution in [3.63, 3.8) is 0 Å². The van der Waals surface area contributed by atoms with Crippen molar-refractivity contribution in [1.29, 1.82) is 0 Å². The van der Waals surface area contributed by atoms with E-state index in [0.29, 0.717) is 24.5 Å². The van der Waals surface area contributed by atoms with E-state index in [-0.39, 0.29) is 18.2 Å². The fourth-order valence-electron chi connectivity index (χ4n) is 2.17. The molecule has 1 aromatic rings. The average molecular weight is 321 g/mol. The van der Waals surface area contributed by atoms with Crippen molar-refractivity contribution in [1.82, 2.24) is 9.80 Å². The molecule has 0 saturated heterocycles. The molecule has 1 N–H and O–H groups in total. The van der Waals surface area contributed by atoms with Crippen molar-refractivity contribution in [2.75, 3.05) is 46.2 Å². The number of nitrogens with zero attached hydrogens (tertiary/aromatic N) is 2. The van der Waals surface area contributed by atoms with Crippen LogP contribution in [-0.4, -0.2) is 62.5 Å². The molecule has 0 atom stereocenters. The summed E-state index contributed by atoms with van der Waals surface area (Å²) >= 11 is 0. The van der Waals surface area contributed by atoms with Gasteiger partial charge in [-0.05, 0) is 39.2 Å². The number of carbonyl (C=O) groups excluding carboxylic acids is 2. The molecule has 0 spiro atoms. The summed E-state index contributed by atoms with van der Waals surface area (Å²) in [5.74, 6) is 0.576. The van der Waals surface area contributed by atoms with E-state index in [2.05, 4.69) is 10.2 Å². The molecule has 0 aliphatic carbocycles. The van der Waals surface area contributed by atoms with Gasteiger partial charge < -0.3 is 19.9 Å². The van der Waals surface area contributed by atoms with Crippen LogP contribution in [0.15, 0.2) is 24.3 Å². The zero-order valence-electron chi connectivity index (χ0n) is 14.5. The Balaban J connectivity index is 2.43. The number of benzene rings is 1. The summed E-state index contributed by atoms with van der Waals surface area (Å²) in [5, 5.41) is 2.82. The smallest absolute Gasteiger partial charge is 0.226 e. The predicted molar refractivity (Wildman–Crippen MR) is 91.7 cm³/mol. The van der Waals surface area contributed by atoms with Crippen LogP contribution in [0.2, 0.25) is 0 Å². The SMILES string of the molecule is COc1cccc(NC(=O)CCN(CCCN(C)C)C(C)=O)c1. The summed E-state index contributed by atoms with van der Waals surface area (Å²) in [6.07, 6.45) is 1.17. The lowest BCUT2D eigenvalue weighted by atomic mass is 10.2. The molecule has 0 unspecified atom stereocenters. The molecule has 1 aromatic carbocycles. The van der Waals surface area contributed by atoms with Crippen molar-refractivity contribution in [3.8, 4) is 5.75 Å². The fraction of sp³-hybridized carbons (Fsp3) is 0.529. The first kappa shape index (κ1) is 19.0. The monoisotopic (exact) mass is 321 g/mol. The van der Waals surface area contributed by atoms with Crippen molar-refractivity contribution >= 4 is 17.5 Å². The number of amides is 2. The third kappa shape index (κ3) is 7.65. The Labute approximate surface area is 138 Å². The minimum Gasteiger partial charge on any atom is -0.497 e. The van der Waals surface area contributed by atoms with Gasteiger partial charge in [-0.2, -0.15) is 0 Å². The van der Waals surface area contributed by atoms with Gasteiger partial charge in [0.15, 0.2) is 0 Å². The van der Waals surface area contributed by atoms with Gasteiger partial charge in [0.05, 0.1) is 7.11 Å². The van der Waals surface area contributed by atoms with Gasteiger partial charge in [0.1, 0.15) is 5.75 Å². The summed E-state index contributed by atoms with van der Waals surface area (Å²) < 4.78 is 5.12. The summed E-state index contributed by atoms with van der Waals surface area (Å²) in [6.45, 7) is 3.55. The van der Waals surface area contributed by atoms with Crippen molar-refractivity contribution in [2.24, 2.45) is 0 Å². The largest absolute Gasteiger partial charge is 0.497 e. The molecule has 23 heavy (non-hydrogen) atoms. The lowest BCUT2D eigenvalue weighted by Crippen LogP contribution is -2.34. The highest BCUT2D eigenvalue weighted by molar-refractivity contribution is 5.91. The molecule has 128 valence electrons. The first-order valence-electron chi connectivity index (χ1n) is 7.76. The number of anilines is 1. The highest BCUT2D eigenvalue weighted by Gasteiger charge is 2.11. The fourth-order valence-corrected chi connectivity index (χ4v) is 2.17. The minimum atomic E-state index is -0.114. The van der Waals surface area contributed by atoms with Crippen molar-refractivity contribution < 1.29 is 14.3 Å². The number of hydrogen-bond acceptors (Lipinski definition) is 4. The van der Waals surface area contributed by atoms with E-state index >= 15 is 0 Å². The second-order valence-electron chi connectivity index (χ2n) is 5.69. The molecule has 6 heteroatoms. The summed E-state index contributed by atoms with van der Waals surface area (Å²) in [4.78, 5) is 27.5. The third-order valence-electron chi connectivity index (χ3n) is 3.44. The average Bonchev–Trinajstić information content (AvgIpc) is 2.50. The first-order valence-corrected chi connectivity index (χ1v) is 7.76. The van der Waals surface area contributed by atoms with E-state index in [1.54, 1.807) is 24.1 Å². The maximum absolute atomic E-state index is 12.0. The summed E-state index contributed by atoms with van der Waals surface area (Å²) in [7, 11) is 5.58. The Bertz CT molecular complexity index is 518. The Kier molecular flexibility index (Phi) is 8.11. The van der Waals surface area contributed by atoms with E-state index < -0.39 is 0 Å². The van der Waals surface area contributed by atoms with E-state index in [0.717, 1.165) is 13.0 Å². The van der Waals surface area contributed by atoms with Crippen LogP contribution >= 0.6 is 0 Å². The van der Waals surface area contributed by atoms with Crippen molar-refractivity contribution in [3.05, 3.63) is 24.3 Å². The number of carbonyl (C=O) groups is 2. The van der Waals surface area contributed by atoms with Crippen LogP contribution in [0, 0.1) is 0 Å². The summed E-state index contributed by atoms with van der Waals surface area (Å²) in [5.41, 5.74) is 0.691. The molecule has 0 heterocycles. The normalized spacial score (nSPS) is 10.5. The molecule has 0 aliphatic heterocycles. The van der Waals surface area contributed by atoms with Crippen molar-refractivity contribution in [2.45, 2.75) is 19.8 Å². The van der Waals surface area contributed by atoms with Crippen LogP contribution < -0.4 is 10.1 Å². The van der Waals surface area contributed by atoms with E-state index in [4.69, 9.17) is 4.74 Å². The van der Waals surface area contributed by atoms with Gasteiger partial charge in [0.2, 0.25) is 11.8 Å². The summed E-state index contributed by atoms with van der Waals surface area (Å²) in [6, 6.07) is 7.20. The van der Waals surface area contributed by atoms with Crippen LogP contribution in [0.1, 0.15) is 19.8 Å². The molecule has 0 bridgehead atoms. The number of nitrogens with one attached hydrogen (secondary N) is 1. The number of hydrogen-bond donors (Lipinski definition) is 1. The third-order valence-corrected chi connectivity index (χ3v) is 3.44. The van der Waals surface area contributed by atoms with E-state index in [9.17, 15) is 9.59 Å². The van der Waals surface area contributed by atoms with Crippen LogP contribution in [0.3, 0.4) is 0 Å². The van der Waals surface area contributed by atoms with Crippen LogP contribution in [-0.2, 0) is 9.59 Å². The van der Waals surface area contributed by atoms with Gasteiger partial charge >= 0.3 is 0 Å². The maximum atomic E-state index is 12.0. The molecule has 2 amide bonds. The topological polar surface area (TPSA) is 61.9 Å². The van der Waals surface area contributed by atoms with E-state index in [1.807, 2.05) is 26.2 Å². The predicted octanol–water partition coefficient (Wildman–Crippen LogP) is 1.82. The molecular formula is C17H27N3O3. The van der Waals surface area contributed by atoms with Gasteiger partial charge in [-0.1, -0.05) is 6.07 Å². The molecule has 0 fully saturated rings. The molecule has 0 aliphatic rings. The molecule has 0 saturated carbocycles. The zero-order valence-corrected chi connectivity index (χ0v) is 14.5. The first-order chi connectivity index (χ1) is 10.9. The van der Waals surface area contributed by atoms with Crippen LogP contribution in [0.5, 0.6) is 5.75 Å². The Morgan fingerprint density at radius 1 is 1.17 bits per heavy atom. The lowest BCUT2D eigenvalue weighted by Gasteiger charge is -2.21. The lowest BCUT2D eigenvalue weighted by molar-refractivity contribution is -0.129. The highest BCUT2D eigenvalue weighted by atomic mass is 16.5. The quantitative estimate of drug-likeness (QED) is 0.754. The Morgan fingerprint density at radius 2 is 1.91 bits per heavy atom. The molecule has 0 radical (unpaired) electrons. The second kappa shape index (κ2) is 9.84. The van der Waals surface area contributed by atoms with Crippen LogP contribution in [0.25, 0.3) is 0 Å². The second-order valence-corrected chi connectivity index (χ2v) is 5.69. The van der Waals surface area contributed by atoms with Gasteiger partial charge in [-0.15, -0.1) is 0 Å². The Morgan fingerprint density at radius 3 is 2.52 bits per heavy atom. The van der Waals surface area contributed by atoms with Crippen LogP contribution in [0.4, 0.5) is 5.69 Å². The van der Waals surface area contributed by atoms with E-state index in [1.165, 1.54) is 6.92 Å². The van der Waals surface area contributed by atoms with Gasteiger partial charge in [0, 0.05) is 38.2 Å². The minimum absolute atomic E-state index is 0.00191. The maximum Gasteiger partial charge on any atom is 0.226 e. The molecule has 1 rings (SSSR count). The Hall–Kier alpha value is -2.08. The molecular weight excluding hydrogens is 294 g/mol. The van der Waals surface area contributed by atoms with Gasteiger partial charge in [0.25, 0.3) is 0 Å². The molecule has 0 aromatic heterocycles. The molecule has 6 nitrogen and oxygen atoms in total. The van der Waals surface area contributed by atoms with Gasteiger partial charge in [-0.3, -0.25) is 9.59 Å². The number of methoxy groups -OCH3 is 1.